The Morgan fingerprint density at radius 3 is 2.22 bits per heavy atom. The number of ether oxygens (including phenoxy) is 2. The van der Waals surface area contributed by atoms with E-state index in [0.717, 1.165) is 5.56 Å². The second kappa shape index (κ2) is 8.86. The predicted molar refractivity (Wildman–Crippen MR) is 99.6 cm³/mol. The van der Waals surface area contributed by atoms with Gasteiger partial charge in [0.2, 0.25) is 0 Å². The van der Waals surface area contributed by atoms with Gasteiger partial charge < -0.3 is 19.3 Å². The van der Waals surface area contributed by atoms with E-state index in [0.29, 0.717) is 11.5 Å². The predicted octanol–water partition coefficient (Wildman–Crippen LogP) is 2.47. The van der Waals surface area contributed by atoms with Gasteiger partial charge in [-0.2, -0.15) is 8.42 Å². The standard InChI is InChI=1S/C17H21O8PS/c1-24-14-8-5-9-15(11-14)25-16(10-13-6-3-2-4-7-13)12-17(26(18,19)20)27(21,22)23/h2-9,11,16-17H,10,12H2,1H3,(H2,18,19,20)(H,21,22,23). The largest absolute Gasteiger partial charge is 0.497 e. The summed E-state index contributed by atoms with van der Waals surface area (Å²) in [4.78, 5) is 16.5. The van der Waals surface area contributed by atoms with Gasteiger partial charge in [0.25, 0.3) is 10.1 Å². The normalized spacial score (nSPS) is 14.4. The molecule has 0 bridgehead atoms. The topological polar surface area (TPSA) is 130 Å². The van der Waals surface area contributed by atoms with Crippen LogP contribution in [0.5, 0.6) is 11.5 Å². The Hall–Kier alpha value is -1.90. The van der Waals surface area contributed by atoms with Crippen LogP contribution in [0.1, 0.15) is 12.0 Å². The van der Waals surface area contributed by atoms with Crippen molar-refractivity contribution in [1.82, 2.24) is 0 Å². The third-order valence-electron chi connectivity index (χ3n) is 3.83. The molecular formula is C17H21O8PS. The average molecular weight is 416 g/mol. The molecule has 0 aliphatic heterocycles. The molecule has 2 unspecified atom stereocenters. The van der Waals surface area contributed by atoms with Crippen LogP contribution >= 0.6 is 7.60 Å². The fourth-order valence-corrected chi connectivity index (χ4v) is 4.93. The average Bonchev–Trinajstić information content (AvgIpc) is 2.58. The summed E-state index contributed by atoms with van der Waals surface area (Å²) in [7, 11) is -8.63. The van der Waals surface area contributed by atoms with Crippen LogP contribution in [-0.2, 0) is 21.1 Å². The van der Waals surface area contributed by atoms with Crippen molar-refractivity contribution in [2.75, 3.05) is 7.11 Å². The van der Waals surface area contributed by atoms with E-state index in [1.807, 2.05) is 0 Å². The van der Waals surface area contributed by atoms with Gasteiger partial charge >= 0.3 is 7.60 Å². The first-order valence-electron chi connectivity index (χ1n) is 7.95. The summed E-state index contributed by atoms with van der Waals surface area (Å²) < 4.78 is 54.8. The lowest BCUT2D eigenvalue weighted by Gasteiger charge is -2.24. The highest BCUT2D eigenvalue weighted by molar-refractivity contribution is 7.93. The molecule has 2 rings (SSSR count). The van der Waals surface area contributed by atoms with E-state index >= 15 is 0 Å². The summed E-state index contributed by atoms with van der Waals surface area (Å²) in [6, 6.07) is 15.5. The first-order valence-corrected chi connectivity index (χ1v) is 11.1. The molecule has 2 atom stereocenters. The Morgan fingerprint density at radius 2 is 1.67 bits per heavy atom. The van der Waals surface area contributed by atoms with Crippen molar-refractivity contribution < 1.29 is 36.8 Å². The van der Waals surface area contributed by atoms with Crippen LogP contribution in [0.2, 0.25) is 0 Å². The third kappa shape index (κ3) is 6.64. The Labute approximate surface area is 157 Å². The van der Waals surface area contributed by atoms with E-state index in [1.54, 1.807) is 54.6 Å². The van der Waals surface area contributed by atoms with E-state index in [2.05, 4.69) is 0 Å². The van der Waals surface area contributed by atoms with Gasteiger partial charge in [0.05, 0.1) is 7.11 Å². The van der Waals surface area contributed by atoms with Crippen molar-refractivity contribution in [2.45, 2.75) is 23.9 Å². The van der Waals surface area contributed by atoms with Crippen molar-refractivity contribution in [2.24, 2.45) is 0 Å². The van der Waals surface area contributed by atoms with Crippen LogP contribution in [-0.4, -0.2) is 41.0 Å². The molecule has 148 valence electrons. The van der Waals surface area contributed by atoms with E-state index in [4.69, 9.17) is 9.47 Å². The summed E-state index contributed by atoms with van der Waals surface area (Å²) >= 11 is 0. The molecule has 0 saturated heterocycles. The first-order chi connectivity index (χ1) is 12.6. The second-order valence-corrected chi connectivity index (χ2v) is 9.65. The quantitative estimate of drug-likeness (QED) is 0.420. The minimum absolute atomic E-state index is 0.185. The SMILES string of the molecule is COc1cccc(OC(Cc2ccccc2)CC(P(=O)(O)O)S(=O)(=O)O)c1. The zero-order valence-electron chi connectivity index (χ0n) is 14.5. The molecule has 0 saturated carbocycles. The second-order valence-electron chi connectivity index (χ2n) is 5.90. The number of hydrogen-bond donors (Lipinski definition) is 3. The number of benzene rings is 2. The van der Waals surface area contributed by atoms with Crippen molar-refractivity contribution in [1.29, 1.82) is 0 Å². The lowest BCUT2D eigenvalue weighted by atomic mass is 10.1. The fourth-order valence-electron chi connectivity index (χ4n) is 2.57. The Kier molecular flexibility index (Phi) is 7.02. The van der Waals surface area contributed by atoms with E-state index < -0.39 is 35.2 Å². The summed E-state index contributed by atoms with van der Waals surface area (Å²) in [6.07, 6.45) is -1.32. The molecule has 0 radical (unpaired) electrons. The molecule has 2 aromatic rings. The number of methoxy groups -OCH3 is 1. The lowest BCUT2D eigenvalue weighted by Crippen LogP contribution is -2.30. The zero-order chi connectivity index (χ0) is 20.1. The molecule has 0 aromatic heterocycles. The summed E-state index contributed by atoms with van der Waals surface area (Å²) in [5, 5.41) is 0. The van der Waals surface area contributed by atoms with Crippen molar-refractivity contribution in [3.63, 3.8) is 0 Å². The van der Waals surface area contributed by atoms with E-state index in [9.17, 15) is 27.3 Å². The Morgan fingerprint density at radius 1 is 1.04 bits per heavy atom. The maximum absolute atomic E-state index is 11.6. The number of rotatable bonds is 9. The fraction of sp³-hybridized carbons (Fsp3) is 0.294. The zero-order valence-corrected chi connectivity index (χ0v) is 16.2. The van der Waals surface area contributed by atoms with Gasteiger partial charge in [-0.3, -0.25) is 9.12 Å². The van der Waals surface area contributed by atoms with E-state index in [1.165, 1.54) is 7.11 Å². The molecule has 0 heterocycles. The van der Waals surface area contributed by atoms with Crippen LogP contribution < -0.4 is 9.47 Å². The van der Waals surface area contributed by atoms with Gasteiger partial charge in [-0.1, -0.05) is 36.4 Å². The maximum Gasteiger partial charge on any atom is 0.346 e. The van der Waals surface area contributed by atoms with Crippen molar-refractivity contribution in [3.8, 4) is 11.5 Å². The van der Waals surface area contributed by atoms with Gasteiger partial charge in [0.1, 0.15) is 17.6 Å². The number of hydrogen-bond acceptors (Lipinski definition) is 5. The molecule has 0 spiro atoms. The van der Waals surface area contributed by atoms with Crippen molar-refractivity contribution >= 4 is 17.7 Å². The lowest BCUT2D eigenvalue weighted by molar-refractivity contribution is 0.189. The molecule has 2 aromatic carbocycles. The Balaban J connectivity index is 2.32. The smallest absolute Gasteiger partial charge is 0.346 e. The highest BCUT2D eigenvalue weighted by Crippen LogP contribution is 2.46. The van der Waals surface area contributed by atoms with E-state index in [-0.39, 0.29) is 6.42 Å². The van der Waals surface area contributed by atoms with Crippen LogP contribution in [0.4, 0.5) is 0 Å². The molecule has 3 N–H and O–H groups in total. The maximum atomic E-state index is 11.6. The minimum Gasteiger partial charge on any atom is -0.497 e. The van der Waals surface area contributed by atoms with Crippen LogP contribution in [0.25, 0.3) is 0 Å². The Bertz CT molecular complexity index is 894. The molecule has 0 fully saturated rings. The highest BCUT2D eigenvalue weighted by atomic mass is 32.2. The first kappa shape index (κ1) is 21.4. The van der Waals surface area contributed by atoms with Gasteiger partial charge in [-0.15, -0.1) is 0 Å². The highest BCUT2D eigenvalue weighted by Gasteiger charge is 2.42. The third-order valence-corrected chi connectivity index (χ3v) is 7.30. The molecular weight excluding hydrogens is 395 g/mol. The molecule has 0 aliphatic carbocycles. The van der Waals surface area contributed by atoms with Gasteiger partial charge in [-0.25, -0.2) is 0 Å². The van der Waals surface area contributed by atoms with Crippen molar-refractivity contribution in [3.05, 3.63) is 60.2 Å². The molecule has 0 amide bonds. The summed E-state index contributed by atoms with van der Waals surface area (Å²) in [5.41, 5.74) is 0.783. The van der Waals surface area contributed by atoms with Gasteiger partial charge in [-0.05, 0) is 17.7 Å². The minimum atomic E-state index is -5.12. The summed E-state index contributed by atoms with van der Waals surface area (Å²) in [5.74, 6) is 0.849. The molecule has 27 heavy (non-hydrogen) atoms. The molecule has 10 heteroatoms. The molecule has 8 nitrogen and oxygen atoms in total. The van der Waals surface area contributed by atoms with Crippen LogP contribution in [0.3, 0.4) is 0 Å². The summed E-state index contributed by atoms with van der Waals surface area (Å²) in [6.45, 7) is 0. The van der Waals surface area contributed by atoms with Crippen LogP contribution in [0, 0.1) is 0 Å². The monoisotopic (exact) mass is 416 g/mol. The molecule has 0 aliphatic rings. The van der Waals surface area contributed by atoms with Gasteiger partial charge in [0, 0.05) is 18.9 Å². The van der Waals surface area contributed by atoms with Crippen LogP contribution in [0.15, 0.2) is 54.6 Å². The van der Waals surface area contributed by atoms with Gasteiger partial charge in [0.15, 0.2) is 4.99 Å².